The number of halogens is 1. The molecule has 0 radical (unpaired) electrons. The second kappa shape index (κ2) is 11.2. The summed E-state index contributed by atoms with van der Waals surface area (Å²) in [4.78, 5) is 54.6. The summed E-state index contributed by atoms with van der Waals surface area (Å²) in [6, 6.07) is 4.05. The number of anilines is 1. The van der Waals surface area contributed by atoms with Crippen LogP contribution in [0.5, 0.6) is 0 Å². The van der Waals surface area contributed by atoms with Crippen molar-refractivity contribution in [1.29, 1.82) is 0 Å². The Morgan fingerprint density at radius 2 is 1.97 bits per heavy atom. The lowest BCUT2D eigenvalue weighted by atomic mass is 9.97. The van der Waals surface area contributed by atoms with Gasteiger partial charge in [0.05, 0.1) is 23.6 Å². The number of H-pyrrole nitrogens is 1. The maximum atomic E-state index is 13.8. The molecule has 202 valence electrons. The zero-order chi connectivity index (χ0) is 27.6. The van der Waals surface area contributed by atoms with Gasteiger partial charge in [0.1, 0.15) is 5.82 Å². The molecule has 0 saturated carbocycles. The first-order valence-corrected chi connectivity index (χ1v) is 12.5. The number of likely N-dealkylation sites (tertiary alicyclic amines) is 1. The van der Waals surface area contributed by atoms with E-state index < -0.39 is 29.7 Å². The van der Waals surface area contributed by atoms with E-state index in [1.807, 2.05) is 0 Å². The summed E-state index contributed by atoms with van der Waals surface area (Å²) in [6.07, 6.45) is 1.44. The SMILES string of the molecule is CCOC(CNC(=O)c1c(C)[nH]c(/C=C2\C(=O)Nc3ccc(F)cc32)c1C)C(=O)N1CCC(C(=O)O)CC1. The number of nitrogens with one attached hydrogen (secondary N) is 3. The summed E-state index contributed by atoms with van der Waals surface area (Å²) >= 11 is 0. The van der Waals surface area contributed by atoms with Gasteiger partial charge in [0.15, 0.2) is 6.10 Å². The second-order valence-corrected chi connectivity index (χ2v) is 9.46. The molecule has 0 bridgehead atoms. The molecule has 1 atom stereocenters. The minimum atomic E-state index is -0.903. The minimum absolute atomic E-state index is 0.0556. The normalized spacial score (nSPS) is 17.3. The smallest absolute Gasteiger partial charge is 0.306 e. The van der Waals surface area contributed by atoms with Gasteiger partial charge in [-0.1, -0.05) is 0 Å². The standard InChI is InChI=1S/C27H31FN4O6/c1-4-38-22(26(35)32-9-7-16(8-10-32)27(36)37)13-29-25(34)23-14(2)21(30-15(23)3)12-19-18-11-17(28)5-6-20(18)31-24(19)33/h5-6,11-12,16,22,30H,4,7-10,13H2,1-3H3,(H,29,34)(H,31,33)(H,36,37)/b19-12-. The summed E-state index contributed by atoms with van der Waals surface area (Å²) in [5.41, 5.74) is 3.32. The number of carbonyl (C=O) groups is 4. The van der Waals surface area contributed by atoms with Gasteiger partial charge >= 0.3 is 5.97 Å². The number of amides is 3. The van der Waals surface area contributed by atoms with Gasteiger partial charge < -0.3 is 30.4 Å². The number of hydrogen-bond acceptors (Lipinski definition) is 5. The Kier molecular flexibility index (Phi) is 7.96. The third-order valence-corrected chi connectivity index (χ3v) is 7.00. The van der Waals surface area contributed by atoms with Crippen molar-refractivity contribution in [1.82, 2.24) is 15.2 Å². The van der Waals surface area contributed by atoms with Crippen molar-refractivity contribution in [3.05, 3.63) is 52.1 Å². The molecule has 11 heteroatoms. The van der Waals surface area contributed by atoms with E-state index in [0.29, 0.717) is 59.7 Å². The molecule has 1 saturated heterocycles. The average molecular weight is 527 g/mol. The molecular formula is C27H31FN4O6. The van der Waals surface area contributed by atoms with Crippen LogP contribution in [0.3, 0.4) is 0 Å². The van der Waals surface area contributed by atoms with Crippen molar-refractivity contribution in [2.24, 2.45) is 5.92 Å². The number of rotatable bonds is 8. The molecule has 2 aliphatic rings. The molecule has 1 fully saturated rings. The summed E-state index contributed by atoms with van der Waals surface area (Å²) in [6.45, 7) is 6.07. The number of aliphatic carboxylic acids is 1. The van der Waals surface area contributed by atoms with Crippen LogP contribution < -0.4 is 10.6 Å². The fraction of sp³-hybridized carbons (Fsp3) is 0.407. The number of benzene rings is 1. The number of aromatic nitrogens is 1. The van der Waals surface area contributed by atoms with Crippen LogP contribution >= 0.6 is 0 Å². The maximum Gasteiger partial charge on any atom is 0.306 e. The fourth-order valence-electron chi connectivity index (χ4n) is 4.95. The summed E-state index contributed by atoms with van der Waals surface area (Å²) < 4.78 is 19.4. The van der Waals surface area contributed by atoms with E-state index in [1.165, 1.54) is 18.2 Å². The third kappa shape index (κ3) is 5.47. The van der Waals surface area contributed by atoms with E-state index in [2.05, 4.69) is 15.6 Å². The number of aryl methyl sites for hydroxylation is 1. The van der Waals surface area contributed by atoms with E-state index in [9.17, 15) is 28.7 Å². The van der Waals surface area contributed by atoms with Gasteiger partial charge in [-0.15, -0.1) is 0 Å². The molecule has 2 aliphatic heterocycles. The molecule has 4 N–H and O–H groups in total. The Labute approximate surface area is 219 Å². The predicted octanol–water partition coefficient (Wildman–Crippen LogP) is 2.72. The number of ether oxygens (including phenoxy) is 1. The van der Waals surface area contributed by atoms with Crippen LogP contribution in [0.25, 0.3) is 11.6 Å². The first-order chi connectivity index (χ1) is 18.1. The first kappa shape index (κ1) is 27.1. The van der Waals surface area contributed by atoms with Gasteiger partial charge in [0.25, 0.3) is 17.7 Å². The molecular weight excluding hydrogens is 495 g/mol. The summed E-state index contributed by atoms with van der Waals surface area (Å²) in [5.74, 6) is -2.85. The number of carboxylic acid groups (broad SMARTS) is 1. The van der Waals surface area contributed by atoms with Gasteiger partial charge in [0, 0.05) is 42.3 Å². The Morgan fingerprint density at radius 1 is 1.26 bits per heavy atom. The Morgan fingerprint density at radius 3 is 2.63 bits per heavy atom. The van der Waals surface area contributed by atoms with Crippen molar-refractivity contribution in [2.75, 3.05) is 31.6 Å². The summed E-state index contributed by atoms with van der Waals surface area (Å²) in [7, 11) is 0. The van der Waals surface area contributed by atoms with E-state index in [1.54, 1.807) is 31.7 Å². The number of hydrogen-bond donors (Lipinski definition) is 4. The number of carbonyl (C=O) groups excluding carboxylic acids is 3. The van der Waals surface area contributed by atoms with E-state index in [0.717, 1.165) is 0 Å². The zero-order valence-corrected chi connectivity index (χ0v) is 21.5. The lowest BCUT2D eigenvalue weighted by Crippen LogP contribution is -2.49. The van der Waals surface area contributed by atoms with Crippen LogP contribution in [0.15, 0.2) is 18.2 Å². The number of piperidine rings is 1. The summed E-state index contributed by atoms with van der Waals surface area (Å²) in [5, 5.41) is 14.7. The Bertz CT molecular complexity index is 1310. The molecule has 1 unspecified atom stereocenters. The number of aromatic amines is 1. The van der Waals surface area contributed by atoms with Crippen LogP contribution in [0.1, 0.15) is 52.6 Å². The van der Waals surface area contributed by atoms with Crippen molar-refractivity contribution >= 4 is 41.0 Å². The van der Waals surface area contributed by atoms with Crippen molar-refractivity contribution in [2.45, 2.75) is 39.7 Å². The van der Waals surface area contributed by atoms with Crippen molar-refractivity contribution in [3.63, 3.8) is 0 Å². The number of fused-ring (bicyclic) bond motifs is 1. The van der Waals surface area contributed by atoms with E-state index in [-0.39, 0.29) is 30.5 Å². The van der Waals surface area contributed by atoms with E-state index in [4.69, 9.17) is 4.74 Å². The quantitative estimate of drug-likeness (QED) is 0.390. The van der Waals surface area contributed by atoms with Gasteiger partial charge in [-0.25, -0.2) is 4.39 Å². The van der Waals surface area contributed by atoms with Crippen LogP contribution in [-0.4, -0.2) is 71.0 Å². The Balaban J connectivity index is 1.47. The molecule has 2 aromatic rings. The largest absolute Gasteiger partial charge is 0.481 e. The molecule has 3 amide bonds. The molecule has 0 aliphatic carbocycles. The lowest BCUT2D eigenvalue weighted by molar-refractivity contribution is -0.149. The lowest BCUT2D eigenvalue weighted by Gasteiger charge is -2.32. The van der Waals surface area contributed by atoms with Crippen molar-refractivity contribution in [3.8, 4) is 0 Å². The molecule has 10 nitrogen and oxygen atoms in total. The molecule has 4 rings (SSSR count). The van der Waals surface area contributed by atoms with Crippen LogP contribution in [-0.2, 0) is 19.1 Å². The molecule has 1 aromatic heterocycles. The average Bonchev–Trinajstić information content (AvgIpc) is 3.35. The first-order valence-electron chi connectivity index (χ1n) is 12.5. The van der Waals surface area contributed by atoms with Crippen LogP contribution in [0.2, 0.25) is 0 Å². The molecule has 1 aromatic carbocycles. The third-order valence-electron chi connectivity index (χ3n) is 7.00. The number of carboxylic acids is 1. The van der Waals surface area contributed by atoms with Crippen molar-refractivity contribution < 1.29 is 33.4 Å². The van der Waals surface area contributed by atoms with E-state index >= 15 is 0 Å². The second-order valence-electron chi connectivity index (χ2n) is 9.46. The maximum absolute atomic E-state index is 13.8. The van der Waals surface area contributed by atoms with Crippen LogP contribution in [0.4, 0.5) is 10.1 Å². The molecule has 38 heavy (non-hydrogen) atoms. The highest BCUT2D eigenvalue weighted by molar-refractivity contribution is 6.34. The van der Waals surface area contributed by atoms with Gasteiger partial charge in [-0.3, -0.25) is 19.2 Å². The topological polar surface area (TPSA) is 141 Å². The molecule has 3 heterocycles. The van der Waals surface area contributed by atoms with Gasteiger partial charge in [0.2, 0.25) is 0 Å². The monoisotopic (exact) mass is 526 g/mol. The predicted molar refractivity (Wildman–Crippen MR) is 138 cm³/mol. The highest BCUT2D eigenvalue weighted by Crippen LogP contribution is 2.34. The highest BCUT2D eigenvalue weighted by atomic mass is 19.1. The zero-order valence-electron chi connectivity index (χ0n) is 21.5. The van der Waals surface area contributed by atoms with Gasteiger partial charge in [-0.2, -0.15) is 0 Å². The minimum Gasteiger partial charge on any atom is -0.481 e. The highest BCUT2D eigenvalue weighted by Gasteiger charge is 2.32. The van der Waals surface area contributed by atoms with Crippen LogP contribution in [0, 0.1) is 25.6 Å². The molecule has 0 spiro atoms. The number of nitrogens with zero attached hydrogens (tertiary/aromatic N) is 1. The fourth-order valence-corrected chi connectivity index (χ4v) is 4.95. The van der Waals surface area contributed by atoms with Gasteiger partial charge in [-0.05, 0) is 63.5 Å². The Hall–Kier alpha value is -3.99.